The molecule has 0 aliphatic carbocycles. The Kier molecular flexibility index (Phi) is 2.00. The van der Waals surface area contributed by atoms with Crippen molar-refractivity contribution in [1.29, 1.82) is 0 Å². The van der Waals surface area contributed by atoms with Gasteiger partial charge in [-0.3, -0.25) is 4.79 Å². The van der Waals surface area contributed by atoms with Crippen LogP contribution in [0.2, 0.25) is 0 Å². The molecule has 2 nitrogen and oxygen atoms in total. The molecule has 2 aromatic rings. The number of benzene rings is 1. The summed E-state index contributed by atoms with van der Waals surface area (Å²) in [5.41, 5.74) is 0.488. The van der Waals surface area contributed by atoms with E-state index in [2.05, 4.69) is 0 Å². The highest BCUT2D eigenvalue weighted by molar-refractivity contribution is 5.94. The van der Waals surface area contributed by atoms with Gasteiger partial charge < -0.3 is 0 Å². The third-order valence-electron chi connectivity index (χ3n) is 2.26. The number of carbonyl (C=O) groups excluding carboxylic acids is 1. The first-order valence-electron chi connectivity index (χ1n) is 4.26. The molecule has 1 aromatic heterocycles. The molecule has 0 N–H and O–H groups in total. The van der Waals surface area contributed by atoms with E-state index in [0.29, 0.717) is 16.5 Å². The van der Waals surface area contributed by atoms with Crippen molar-refractivity contribution in [3.05, 3.63) is 42.0 Å². The lowest BCUT2D eigenvalue weighted by Crippen LogP contribution is -2.34. The van der Waals surface area contributed by atoms with E-state index in [1.807, 2.05) is 0 Å². The van der Waals surface area contributed by atoms with Crippen LogP contribution < -0.4 is 4.57 Å². The first kappa shape index (κ1) is 8.81. The molecule has 3 heteroatoms. The molecule has 1 aromatic carbocycles. The van der Waals surface area contributed by atoms with E-state index in [1.165, 1.54) is 10.8 Å². The molecular formula is C11H9FNO+. The van der Waals surface area contributed by atoms with Crippen LogP contribution in [-0.2, 0) is 7.05 Å². The molecule has 0 bridgehead atoms. The third kappa shape index (κ3) is 1.18. The molecule has 0 saturated heterocycles. The van der Waals surface area contributed by atoms with E-state index >= 15 is 0 Å². The van der Waals surface area contributed by atoms with E-state index in [1.54, 1.807) is 31.3 Å². The van der Waals surface area contributed by atoms with Crippen molar-refractivity contribution in [2.45, 2.75) is 0 Å². The fourth-order valence-corrected chi connectivity index (χ4v) is 1.56. The lowest BCUT2D eigenvalue weighted by Gasteiger charge is -1.99. The van der Waals surface area contributed by atoms with E-state index in [4.69, 9.17) is 0 Å². The Hall–Kier alpha value is -1.77. The van der Waals surface area contributed by atoms with Gasteiger partial charge in [-0.25, -0.2) is 0 Å². The Labute approximate surface area is 80.6 Å². The predicted octanol–water partition coefficient (Wildman–Crippen LogP) is 1.62. The molecule has 0 amide bonds. The zero-order valence-electron chi connectivity index (χ0n) is 7.70. The van der Waals surface area contributed by atoms with Gasteiger partial charge >= 0.3 is 0 Å². The summed E-state index contributed by atoms with van der Waals surface area (Å²) in [4.78, 5) is 10.8. The van der Waals surface area contributed by atoms with Crippen molar-refractivity contribution in [1.82, 2.24) is 0 Å². The molecule has 0 aliphatic heterocycles. The van der Waals surface area contributed by atoms with E-state index < -0.39 is 0 Å². The molecule has 0 radical (unpaired) electrons. The van der Waals surface area contributed by atoms with Crippen LogP contribution in [0.15, 0.2) is 30.5 Å². The third-order valence-corrected chi connectivity index (χ3v) is 2.26. The number of fused-ring (bicyclic) bond motifs is 1. The van der Waals surface area contributed by atoms with Crippen LogP contribution in [0.3, 0.4) is 0 Å². The normalized spacial score (nSPS) is 10.4. The van der Waals surface area contributed by atoms with Gasteiger partial charge in [-0.2, -0.15) is 8.96 Å². The summed E-state index contributed by atoms with van der Waals surface area (Å²) >= 11 is 0. The van der Waals surface area contributed by atoms with Crippen LogP contribution in [0.1, 0.15) is 10.5 Å². The van der Waals surface area contributed by atoms with Gasteiger partial charge in [0, 0.05) is 5.39 Å². The van der Waals surface area contributed by atoms with Crippen molar-refractivity contribution < 1.29 is 13.8 Å². The Morgan fingerprint density at radius 3 is 2.57 bits per heavy atom. The number of aromatic nitrogens is 1. The van der Waals surface area contributed by atoms with Gasteiger partial charge in [0.15, 0.2) is 5.82 Å². The Bertz CT molecular complexity index is 508. The van der Waals surface area contributed by atoms with Crippen LogP contribution in [-0.4, -0.2) is 6.29 Å². The molecular weight excluding hydrogens is 181 g/mol. The summed E-state index contributed by atoms with van der Waals surface area (Å²) < 4.78 is 14.9. The summed E-state index contributed by atoms with van der Waals surface area (Å²) in [6.45, 7) is 0. The number of nitrogens with zero attached hydrogens (tertiary/aromatic N) is 1. The fraction of sp³-hybridized carbons (Fsp3) is 0.0909. The molecule has 14 heavy (non-hydrogen) atoms. The van der Waals surface area contributed by atoms with E-state index in [-0.39, 0.29) is 5.82 Å². The number of hydrogen-bond donors (Lipinski definition) is 0. The number of carbonyl (C=O) groups is 1. The van der Waals surface area contributed by atoms with Crippen molar-refractivity contribution in [2.24, 2.45) is 7.05 Å². The average molecular weight is 190 g/mol. The molecule has 0 unspecified atom stereocenters. The van der Waals surface area contributed by atoms with Gasteiger partial charge in [-0.05, 0) is 6.07 Å². The van der Waals surface area contributed by atoms with Crippen molar-refractivity contribution >= 4 is 17.1 Å². The van der Waals surface area contributed by atoms with Crippen LogP contribution >= 0.6 is 0 Å². The second-order valence-electron chi connectivity index (χ2n) is 3.14. The van der Waals surface area contributed by atoms with Gasteiger partial charge in [0.1, 0.15) is 7.05 Å². The Balaban J connectivity index is 2.97. The predicted molar refractivity (Wildman–Crippen MR) is 50.5 cm³/mol. The highest BCUT2D eigenvalue weighted by Crippen LogP contribution is 2.17. The van der Waals surface area contributed by atoms with Gasteiger partial charge in [0.25, 0.3) is 5.69 Å². The topological polar surface area (TPSA) is 20.9 Å². The first-order chi connectivity index (χ1) is 6.74. The summed E-state index contributed by atoms with van der Waals surface area (Å²) in [5.74, 6) is -0.311. The minimum atomic E-state index is -0.311. The molecule has 0 atom stereocenters. The standard InChI is InChI=1S/C11H9FNO/c1-13-6-10(12)8-4-2-3-5-9(8)11(13)7-14/h2-7H,1H3/q+1. The summed E-state index contributed by atoms with van der Waals surface area (Å²) in [5, 5.41) is 1.12. The summed E-state index contributed by atoms with van der Waals surface area (Å²) in [6, 6.07) is 6.94. The smallest absolute Gasteiger partial charge is 0.253 e. The monoisotopic (exact) mass is 190 g/mol. The fourth-order valence-electron chi connectivity index (χ4n) is 1.56. The lowest BCUT2D eigenvalue weighted by atomic mass is 10.1. The average Bonchev–Trinajstić information content (AvgIpc) is 2.18. The molecule has 2 rings (SSSR count). The van der Waals surface area contributed by atoms with Gasteiger partial charge in [-0.15, -0.1) is 0 Å². The number of aldehydes is 1. The molecule has 0 aliphatic rings. The van der Waals surface area contributed by atoms with Crippen LogP contribution in [0.5, 0.6) is 0 Å². The maximum Gasteiger partial charge on any atom is 0.253 e. The number of pyridine rings is 1. The minimum Gasteiger partial charge on any atom is -0.291 e. The van der Waals surface area contributed by atoms with Crippen LogP contribution in [0.25, 0.3) is 10.8 Å². The second-order valence-corrected chi connectivity index (χ2v) is 3.14. The van der Waals surface area contributed by atoms with Gasteiger partial charge in [-0.1, -0.05) is 18.2 Å². The van der Waals surface area contributed by atoms with Crippen LogP contribution in [0, 0.1) is 5.82 Å². The first-order valence-corrected chi connectivity index (χ1v) is 4.26. The molecule has 70 valence electrons. The SMILES string of the molecule is C[n+]1cc(F)c2ccccc2c1C=O. The Morgan fingerprint density at radius 1 is 1.29 bits per heavy atom. The number of hydrogen-bond acceptors (Lipinski definition) is 1. The quantitative estimate of drug-likeness (QED) is 0.494. The molecule has 1 heterocycles. The van der Waals surface area contributed by atoms with Crippen molar-refractivity contribution in [3.8, 4) is 0 Å². The highest BCUT2D eigenvalue weighted by Gasteiger charge is 2.14. The minimum absolute atomic E-state index is 0.311. The highest BCUT2D eigenvalue weighted by atomic mass is 19.1. The Morgan fingerprint density at radius 2 is 1.93 bits per heavy atom. The lowest BCUT2D eigenvalue weighted by molar-refractivity contribution is -0.672. The number of aryl methyl sites for hydroxylation is 1. The largest absolute Gasteiger partial charge is 0.291 e. The second kappa shape index (κ2) is 3.18. The zero-order chi connectivity index (χ0) is 10.1. The van der Waals surface area contributed by atoms with E-state index in [0.717, 1.165) is 6.29 Å². The maximum atomic E-state index is 13.4. The van der Waals surface area contributed by atoms with Gasteiger partial charge in [0.2, 0.25) is 12.5 Å². The van der Waals surface area contributed by atoms with E-state index in [9.17, 15) is 9.18 Å². The summed E-state index contributed by atoms with van der Waals surface area (Å²) in [7, 11) is 1.65. The van der Waals surface area contributed by atoms with Gasteiger partial charge in [0.05, 0.1) is 5.39 Å². The zero-order valence-corrected chi connectivity index (χ0v) is 7.70. The number of rotatable bonds is 1. The molecule has 0 saturated carbocycles. The number of halogens is 1. The summed E-state index contributed by atoms with van der Waals surface area (Å²) in [6.07, 6.45) is 2.05. The molecule has 0 spiro atoms. The molecule has 0 fully saturated rings. The van der Waals surface area contributed by atoms with Crippen LogP contribution in [0.4, 0.5) is 4.39 Å². The maximum absolute atomic E-state index is 13.4. The van der Waals surface area contributed by atoms with Crippen molar-refractivity contribution in [2.75, 3.05) is 0 Å². The van der Waals surface area contributed by atoms with Crippen molar-refractivity contribution in [3.63, 3.8) is 0 Å².